The smallest absolute Gasteiger partial charge is 0.335 e. The summed E-state index contributed by atoms with van der Waals surface area (Å²) in [4.78, 5) is 23.3. The maximum absolute atomic E-state index is 13.5. The molecule has 0 aliphatic heterocycles. The molecule has 0 saturated heterocycles. The number of terminal acetylenes is 1. The molecule has 6 heteroatoms. The third-order valence-electron chi connectivity index (χ3n) is 2.13. The number of nitrogens with zero attached hydrogens (tertiary/aromatic N) is 1. The van der Waals surface area contributed by atoms with Gasteiger partial charge in [0.25, 0.3) is 0 Å². The van der Waals surface area contributed by atoms with Gasteiger partial charge in [0.2, 0.25) is 0 Å². The Balaban J connectivity index is 2.83. The average Bonchev–Trinajstić information content (AvgIpc) is 2.31. The highest BCUT2D eigenvalue weighted by Gasteiger charge is 2.12. The minimum Gasteiger partial charge on any atom is -0.478 e. The Kier molecular flexibility index (Phi) is 4.27. The molecule has 0 aromatic heterocycles. The zero-order valence-electron chi connectivity index (χ0n) is 9.61. The summed E-state index contributed by atoms with van der Waals surface area (Å²) in [5.74, 6) is 0.205. The number of anilines is 1. The lowest BCUT2D eigenvalue weighted by Gasteiger charge is -2.15. The average molecular weight is 250 g/mol. The summed E-state index contributed by atoms with van der Waals surface area (Å²) >= 11 is 0. The molecule has 1 aromatic carbocycles. The maximum Gasteiger partial charge on any atom is 0.335 e. The van der Waals surface area contributed by atoms with Gasteiger partial charge in [-0.15, -0.1) is 6.42 Å². The molecule has 0 spiro atoms. The normalized spacial score (nSPS) is 9.39. The molecular formula is C12H11FN2O3. The highest BCUT2D eigenvalue weighted by molar-refractivity contribution is 5.91. The summed E-state index contributed by atoms with van der Waals surface area (Å²) in [5, 5.41) is 10.9. The lowest BCUT2D eigenvalue weighted by Crippen LogP contribution is -2.31. The molecule has 94 valence electrons. The van der Waals surface area contributed by atoms with Crippen molar-refractivity contribution in [3.8, 4) is 12.3 Å². The van der Waals surface area contributed by atoms with Crippen molar-refractivity contribution in [2.45, 2.75) is 0 Å². The van der Waals surface area contributed by atoms with Gasteiger partial charge in [-0.25, -0.2) is 14.0 Å². The summed E-state index contributed by atoms with van der Waals surface area (Å²) in [7, 11) is 1.46. The van der Waals surface area contributed by atoms with Gasteiger partial charge in [-0.2, -0.15) is 0 Å². The number of hydrogen-bond acceptors (Lipinski definition) is 2. The van der Waals surface area contributed by atoms with Gasteiger partial charge < -0.3 is 15.3 Å². The van der Waals surface area contributed by atoms with Crippen molar-refractivity contribution in [2.24, 2.45) is 0 Å². The lowest BCUT2D eigenvalue weighted by molar-refractivity contribution is 0.0696. The molecular weight excluding hydrogens is 239 g/mol. The first-order valence-corrected chi connectivity index (χ1v) is 4.94. The van der Waals surface area contributed by atoms with Gasteiger partial charge in [0.1, 0.15) is 5.82 Å². The van der Waals surface area contributed by atoms with Crippen LogP contribution in [0.3, 0.4) is 0 Å². The van der Waals surface area contributed by atoms with Crippen LogP contribution in [0.4, 0.5) is 14.9 Å². The second kappa shape index (κ2) is 5.68. The van der Waals surface area contributed by atoms with Crippen LogP contribution in [0.2, 0.25) is 0 Å². The van der Waals surface area contributed by atoms with Crippen LogP contribution in [-0.2, 0) is 0 Å². The molecule has 0 aliphatic carbocycles. The molecule has 5 nitrogen and oxygen atoms in total. The largest absolute Gasteiger partial charge is 0.478 e. The molecule has 1 aromatic rings. The van der Waals surface area contributed by atoms with Crippen molar-refractivity contribution in [3.63, 3.8) is 0 Å². The number of urea groups is 1. The van der Waals surface area contributed by atoms with Crippen molar-refractivity contribution in [1.82, 2.24) is 4.90 Å². The summed E-state index contributed by atoms with van der Waals surface area (Å²) in [6.07, 6.45) is 5.03. The number of carbonyl (C=O) groups is 2. The van der Waals surface area contributed by atoms with Crippen molar-refractivity contribution in [1.29, 1.82) is 0 Å². The third kappa shape index (κ3) is 3.22. The Morgan fingerprint density at radius 2 is 2.22 bits per heavy atom. The lowest BCUT2D eigenvalue weighted by atomic mass is 10.2. The number of carboxylic acid groups (broad SMARTS) is 1. The van der Waals surface area contributed by atoms with Crippen LogP contribution in [0.5, 0.6) is 0 Å². The van der Waals surface area contributed by atoms with Crippen LogP contribution >= 0.6 is 0 Å². The molecule has 18 heavy (non-hydrogen) atoms. The van der Waals surface area contributed by atoms with E-state index < -0.39 is 17.8 Å². The summed E-state index contributed by atoms with van der Waals surface area (Å²) in [5.41, 5.74) is -0.295. The second-order valence-corrected chi connectivity index (χ2v) is 3.49. The summed E-state index contributed by atoms with van der Waals surface area (Å²) in [6.45, 7) is 0.0840. The van der Waals surface area contributed by atoms with E-state index >= 15 is 0 Å². The van der Waals surface area contributed by atoms with Crippen molar-refractivity contribution in [3.05, 3.63) is 29.6 Å². The van der Waals surface area contributed by atoms with Crippen LogP contribution in [0.1, 0.15) is 10.4 Å². The van der Waals surface area contributed by atoms with Gasteiger partial charge in [-0.3, -0.25) is 0 Å². The first-order valence-electron chi connectivity index (χ1n) is 4.94. The fourth-order valence-electron chi connectivity index (χ4n) is 1.17. The molecule has 2 N–H and O–H groups in total. The molecule has 0 fully saturated rings. The van der Waals surface area contributed by atoms with E-state index in [2.05, 4.69) is 11.2 Å². The van der Waals surface area contributed by atoms with Crippen LogP contribution in [0.15, 0.2) is 18.2 Å². The van der Waals surface area contributed by atoms with E-state index in [1.807, 2.05) is 0 Å². The number of amides is 2. The van der Waals surface area contributed by atoms with Crippen molar-refractivity contribution < 1.29 is 19.1 Å². The number of hydrogen-bond donors (Lipinski definition) is 2. The molecule has 0 atom stereocenters. The van der Waals surface area contributed by atoms with Gasteiger partial charge in [0.15, 0.2) is 0 Å². The first-order chi connectivity index (χ1) is 8.45. The molecule has 1 rings (SSSR count). The summed E-state index contributed by atoms with van der Waals surface area (Å²) < 4.78 is 13.5. The molecule has 0 saturated carbocycles. The number of rotatable bonds is 3. The third-order valence-corrected chi connectivity index (χ3v) is 2.13. The minimum atomic E-state index is -1.24. The molecule has 2 amide bonds. The van der Waals surface area contributed by atoms with Crippen molar-refractivity contribution in [2.75, 3.05) is 18.9 Å². The summed E-state index contributed by atoms with van der Waals surface area (Å²) in [6, 6.07) is 2.64. The van der Waals surface area contributed by atoms with Crippen LogP contribution in [0, 0.1) is 18.2 Å². The van der Waals surface area contributed by atoms with Gasteiger partial charge in [-0.1, -0.05) is 5.92 Å². The van der Waals surface area contributed by atoms with E-state index in [4.69, 9.17) is 11.5 Å². The number of carboxylic acids is 1. The van der Waals surface area contributed by atoms with Crippen LogP contribution in [0.25, 0.3) is 0 Å². The van der Waals surface area contributed by atoms with Crippen LogP contribution in [-0.4, -0.2) is 35.6 Å². The van der Waals surface area contributed by atoms with Gasteiger partial charge in [0, 0.05) is 7.05 Å². The van der Waals surface area contributed by atoms with E-state index in [1.165, 1.54) is 24.1 Å². The molecule has 0 heterocycles. The Hall–Kier alpha value is -2.55. The zero-order valence-corrected chi connectivity index (χ0v) is 9.61. The first kappa shape index (κ1) is 13.5. The van der Waals surface area contributed by atoms with Gasteiger partial charge in [-0.05, 0) is 18.2 Å². The fourth-order valence-corrected chi connectivity index (χ4v) is 1.17. The highest BCUT2D eigenvalue weighted by Crippen LogP contribution is 2.16. The van der Waals surface area contributed by atoms with E-state index in [0.29, 0.717) is 0 Å². The van der Waals surface area contributed by atoms with E-state index in [0.717, 1.165) is 6.07 Å². The molecule has 0 bridgehead atoms. The number of nitrogens with one attached hydrogen (secondary N) is 1. The number of benzene rings is 1. The monoisotopic (exact) mass is 250 g/mol. The zero-order chi connectivity index (χ0) is 13.7. The van der Waals surface area contributed by atoms with Crippen molar-refractivity contribution >= 4 is 17.7 Å². The van der Waals surface area contributed by atoms with E-state index in [1.54, 1.807) is 0 Å². The van der Waals surface area contributed by atoms with E-state index in [-0.39, 0.29) is 17.8 Å². The Labute approximate surface area is 103 Å². The van der Waals surface area contributed by atoms with Gasteiger partial charge >= 0.3 is 12.0 Å². The SMILES string of the molecule is C#CCN(C)C(=O)Nc1ccc(C(=O)O)cc1F. The van der Waals surface area contributed by atoms with E-state index in [9.17, 15) is 14.0 Å². The van der Waals surface area contributed by atoms with Crippen LogP contribution < -0.4 is 5.32 Å². The Bertz CT molecular complexity index is 523. The molecule has 0 radical (unpaired) electrons. The highest BCUT2D eigenvalue weighted by atomic mass is 19.1. The number of aromatic carboxylic acids is 1. The number of halogens is 1. The van der Waals surface area contributed by atoms with Gasteiger partial charge in [0.05, 0.1) is 17.8 Å². The quantitative estimate of drug-likeness (QED) is 0.801. The second-order valence-electron chi connectivity index (χ2n) is 3.49. The minimum absolute atomic E-state index is 0.0840. The Morgan fingerprint density at radius 1 is 1.56 bits per heavy atom. The Morgan fingerprint density at radius 3 is 2.72 bits per heavy atom. The standard InChI is InChI=1S/C12H11FN2O3/c1-3-6-15(2)12(18)14-10-5-4-8(11(16)17)7-9(10)13/h1,4-5,7H,6H2,2H3,(H,14,18)(H,16,17). The predicted octanol–water partition coefficient (Wildman–Crippen LogP) is 1.62. The topological polar surface area (TPSA) is 69.6 Å². The molecule has 0 unspecified atom stereocenters. The maximum atomic E-state index is 13.5. The predicted molar refractivity (Wildman–Crippen MR) is 63.8 cm³/mol. The number of carbonyl (C=O) groups excluding carboxylic acids is 1. The molecule has 0 aliphatic rings. The fraction of sp³-hybridized carbons (Fsp3) is 0.167.